The van der Waals surface area contributed by atoms with Crippen LogP contribution in [0.4, 0.5) is 5.69 Å². The van der Waals surface area contributed by atoms with E-state index in [1.165, 1.54) is 0 Å². The number of nitrogens with one attached hydrogen (secondary N) is 1. The first-order valence-electron chi connectivity index (χ1n) is 8.81. The van der Waals surface area contributed by atoms with E-state index in [0.29, 0.717) is 17.9 Å². The molecule has 0 amide bonds. The van der Waals surface area contributed by atoms with E-state index in [-0.39, 0.29) is 5.56 Å². The van der Waals surface area contributed by atoms with E-state index in [0.717, 1.165) is 33.2 Å². The first-order chi connectivity index (χ1) is 13.2. The molecule has 0 saturated heterocycles. The van der Waals surface area contributed by atoms with Gasteiger partial charge in [-0.2, -0.15) is 0 Å². The van der Waals surface area contributed by atoms with Crippen LogP contribution in [0.1, 0.15) is 11.3 Å². The molecule has 0 radical (unpaired) electrons. The maximum absolute atomic E-state index is 12.3. The summed E-state index contributed by atoms with van der Waals surface area (Å²) in [5.41, 5.74) is 5.01. The summed E-state index contributed by atoms with van der Waals surface area (Å²) in [6.07, 6.45) is 1.81. The monoisotopic (exact) mass is 355 g/mol. The van der Waals surface area contributed by atoms with Gasteiger partial charge in [-0.15, -0.1) is 0 Å². The van der Waals surface area contributed by atoms with E-state index in [1.54, 1.807) is 16.7 Å². The molecule has 5 nitrogen and oxygen atoms in total. The largest absolute Gasteiger partial charge is 0.456 e. The van der Waals surface area contributed by atoms with Crippen molar-refractivity contribution in [3.05, 3.63) is 88.5 Å². The Balaban J connectivity index is 1.47. The fourth-order valence-corrected chi connectivity index (χ4v) is 3.38. The number of aromatic nitrogens is 2. The lowest BCUT2D eigenvalue weighted by molar-refractivity contribution is 0.669. The molecular formula is C22H17N3O2. The molecule has 0 atom stereocenters. The van der Waals surface area contributed by atoms with Crippen LogP contribution in [-0.4, -0.2) is 9.38 Å². The minimum absolute atomic E-state index is 0.0724. The zero-order valence-corrected chi connectivity index (χ0v) is 14.8. The van der Waals surface area contributed by atoms with Crippen LogP contribution in [-0.2, 0) is 6.54 Å². The average molecular weight is 355 g/mol. The van der Waals surface area contributed by atoms with E-state index in [9.17, 15) is 4.79 Å². The molecule has 0 saturated carbocycles. The van der Waals surface area contributed by atoms with Crippen LogP contribution < -0.4 is 10.9 Å². The van der Waals surface area contributed by atoms with Gasteiger partial charge in [-0.25, -0.2) is 4.98 Å². The Bertz CT molecular complexity index is 1360. The Hall–Kier alpha value is -3.60. The second-order valence-electron chi connectivity index (χ2n) is 6.68. The van der Waals surface area contributed by atoms with Crippen molar-refractivity contribution in [2.75, 3.05) is 5.32 Å². The van der Waals surface area contributed by atoms with Gasteiger partial charge in [0.1, 0.15) is 16.8 Å². The topological polar surface area (TPSA) is 59.5 Å². The second kappa shape index (κ2) is 5.99. The van der Waals surface area contributed by atoms with Crippen molar-refractivity contribution < 1.29 is 4.42 Å². The highest BCUT2D eigenvalue weighted by Crippen LogP contribution is 2.30. The van der Waals surface area contributed by atoms with Crippen molar-refractivity contribution in [2.24, 2.45) is 0 Å². The molecule has 0 aliphatic carbocycles. The molecule has 0 spiro atoms. The highest BCUT2D eigenvalue weighted by atomic mass is 16.3. The fourth-order valence-electron chi connectivity index (χ4n) is 3.38. The van der Waals surface area contributed by atoms with Gasteiger partial charge in [0.2, 0.25) is 0 Å². The van der Waals surface area contributed by atoms with Gasteiger partial charge in [-0.1, -0.05) is 24.3 Å². The summed E-state index contributed by atoms with van der Waals surface area (Å²) in [4.78, 5) is 16.9. The van der Waals surface area contributed by atoms with Gasteiger partial charge in [-0.05, 0) is 42.8 Å². The van der Waals surface area contributed by atoms with Crippen molar-refractivity contribution in [3.8, 4) is 0 Å². The number of benzene rings is 2. The van der Waals surface area contributed by atoms with Gasteiger partial charge in [0.05, 0.1) is 12.2 Å². The minimum Gasteiger partial charge on any atom is -0.456 e. The lowest BCUT2D eigenvalue weighted by Crippen LogP contribution is -2.17. The molecule has 0 unspecified atom stereocenters. The van der Waals surface area contributed by atoms with Crippen LogP contribution in [0.15, 0.2) is 76.1 Å². The maximum Gasteiger partial charge on any atom is 0.258 e. The second-order valence-corrected chi connectivity index (χ2v) is 6.68. The van der Waals surface area contributed by atoms with Crippen LogP contribution >= 0.6 is 0 Å². The van der Waals surface area contributed by atoms with E-state index in [1.807, 2.05) is 49.4 Å². The number of nitrogens with zero attached hydrogens (tertiary/aromatic N) is 2. The van der Waals surface area contributed by atoms with E-state index in [4.69, 9.17) is 4.42 Å². The van der Waals surface area contributed by atoms with Gasteiger partial charge in [-0.3, -0.25) is 9.20 Å². The van der Waals surface area contributed by atoms with Crippen molar-refractivity contribution in [3.63, 3.8) is 0 Å². The molecule has 0 bridgehead atoms. The van der Waals surface area contributed by atoms with Crippen molar-refractivity contribution in [2.45, 2.75) is 13.5 Å². The number of anilines is 1. The molecule has 132 valence electrons. The third-order valence-electron chi connectivity index (χ3n) is 4.71. The number of para-hydroxylation sites is 1. The summed E-state index contributed by atoms with van der Waals surface area (Å²) in [6, 6.07) is 19.4. The summed E-state index contributed by atoms with van der Waals surface area (Å²) in [7, 11) is 0. The zero-order chi connectivity index (χ0) is 18.4. The van der Waals surface area contributed by atoms with Crippen LogP contribution in [0.3, 0.4) is 0 Å². The van der Waals surface area contributed by atoms with E-state index >= 15 is 0 Å². The molecule has 5 rings (SSSR count). The number of fused-ring (bicyclic) bond motifs is 4. The molecule has 0 aliphatic rings. The fraction of sp³-hybridized carbons (Fsp3) is 0.0909. The summed E-state index contributed by atoms with van der Waals surface area (Å²) >= 11 is 0. The number of rotatable bonds is 3. The predicted molar refractivity (Wildman–Crippen MR) is 107 cm³/mol. The molecular weight excluding hydrogens is 338 g/mol. The smallest absolute Gasteiger partial charge is 0.258 e. The number of furan rings is 1. The van der Waals surface area contributed by atoms with Gasteiger partial charge in [0.25, 0.3) is 5.56 Å². The Morgan fingerprint density at radius 1 is 1.00 bits per heavy atom. The van der Waals surface area contributed by atoms with Crippen LogP contribution in [0.5, 0.6) is 0 Å². The first-order valence-corrected chi connectivity index (χ1v) is 8.81. The maximum atomic E-state index is 12.3. The molecule has 2 aromatic carbocycles. The number of aryl methyl sites for hydroxylation is 1. The Morgan fingerprint density at radius 2 is 1.85 bits per heavy atom. The summed E-state index contributed by atoms with van der Waals surface area (Å²) in [5, 5.41) is 5.52. The molecule has 3 aromatic heterocycles. The average Bonchev–Trinajstić information content (AvgIpc) is 3.05. The Labute approximate surface area is 154 Å². The summed E-state index contributed by atoms with van der Waals surface area (Å²) in [6.45, 7) is 2.43. The quantitative estimate of drug-likeness (QED) is 0.517. The van der Waals surface area contributed by atoms with Crippen molar-refractivity contribution >= 4 is 33.3 Å². The SMILES string of the molecule is Cc1ccc2nc(CNc3ccc4oc5ccccc5c4c3)cc(=O)n2c1. The molecule has 5 aromatic rings. The molecule has 0 aliphatic heterocycles. The first kappa shape index (κ1) is 15.6. The van der Waals surface area contributed by atoms with Gasteiger partial charge >= 0.3 is 0 Å². The number of hydrogen-bond donors (Lipinski definition) is 1. The van der Waals surface area contributed by atoms with Crippen LogP contribution in [0.2, 0.25) is 0 Å². The van der Waals surface area contributed by atoms with Crippen LogP contribution in [0, 0.1) is 6.92 Å². The summed E-state index contributed by atoms with van der Waals surface area (Å²) in [5.74, 6) is 0. The number of hydrogen-bond acceptors (Lipinski definition) is 4. The Morgan fingerprint density at radius 3 is 2.78 bits per heavy atom. The van der Waals surface area contributed by atoms with Gasteiger partial charge in [0.15, 0.2) is 0 Å². The highest BCUT2D eigenvalue weighted by molar-refractivity contribution is 6.05. The minimum atomic E-state index is -0.0724. The van der Waals surface area contributed by atoms with Crippen molar-refractivity contribution in [1.29, 1.82) is 0 Å². The van der Waals surface area contributed by atoms with Crippen LogP contribution in [0.25, 0.3) is 27.6 Å². The van der Waals surface area contributed by atoms with E-state index in [2.05, 4.69) is 22.4 Å². The highest BCUT2D eigenvalue weighted by Gasteiger charge is 2.07. The molecule has 27 heavy (non-hydrogen) atoms. The third-order valence-corrected chi connectivity index (χ3v) is 4.71. The summed E-state index contributed by atoms with van der Waals surface area (Å²) < 4.78 is 7.43. The zero-order valence-electron chi connectivity index (χ0n) is 14.8. The lowest BCUT2D eigenvalue weighted by Gasteiger charge is -2.08. The molecule has 3 heterocycles. The normalized spacial score (nSPS) is 11.4. The lowest BCUT2D eigenvalue weighted by atomic mass is 10.1. The Kier molecular flexibility index (Phi) is 3.47. The predicted octanol–water partition coefficient (Wildman–Crippen LogP) is 4.51. The van der Waals surface area contributed by atoms with Gasteiger partial charge in [0, 0.05) is 28.7 Å². The van der Waals surface area contributed by atoms with Gasteiger partial charge < -0.3 is 9.73 Å². The third kappa shape index (κ3) is 2.73. The molecule has 0 fully saturated rings. The van der Waals surface area contributed by atoms with Crippen molar-refractivity contribution in [1.82, 2.24) is 9.38 Å². The molecule has 1 N–H and O–H groups in total. The number of pyridine rings is 1. The molecule has 5 heteroatoms. The van der Waals surface area contributed by atoms with E-state index < -0.39 is 0 Å². The standard InChI is InChI=1S/C22H17N3O2/c1-14-6-9-21-24-16(11-22(26)25(21)13-14)12-23-15-7-8-20-18(10-15)17-4-2-3-5-19(17)27-20/h2-11,13,23H,12H2,1H3.